The number of rotatable bonds is 3. The van der Waals surface area contributed by atoms with Crippen LogP contribution in [0.3, 0.4) is 0 Å². The van der Waals surface area contributed by atoms with Gasteiger partial charge in [-0.25, -0.2) is 8.42 Å². The highest BCUT2D eigenvalue weighted by atomic mass is 32.2. The van der Waals surface area contributed by atoms with Gasteiger partial charge in [-0.1, -0.05) is 12.1 Å². The Labute approximate surface area is 122 Å². The van der Waals surface area contributed by atoms with Gasteiger partial charge in [-0.2, -0.15) is 0 Å². The number of sulfonamides is 1. The third kappa shape index (κ3) is 2.73. The smallest absolute Gasteiger partial charge is 0.262 e. The zero-order valence-corrected chi connectivity index (χ0v) is 11.9. The summed E-state index contributed by atoms with van der Waals surface area (Å²) in [7, 11) is -3.73. The highest BCUT2D eigenvalue weighted by Gasteiger charge is 2.20. The molecular formula is C14H14N2O4S. The van der Waals surface area contributed by atoms with Crippen LogP contribution in [-0.2, 0) is 10.0 Å². The zero-order chi connectivity index (χ0) is 14.9. The van der Waals surface area contributed by atoms with Gasteiger partial charge in [0.05, 0.1) is 16.3 Å². The van der Waals surface area contributed by atoms with Crippen molar-refractivity contribution >= 4 is 21.4 Å². The number of nitrogens with one attached hydrogen (secondary N) is 1. The van der Waals surface area contributed by atoms with Crippen LogP contribution in [0.1, 0.15) is 0 Å². The van der Waals surface area contributed by atoms with Crippen LogP contribution in [0.15, 0.2) is 47.4 Å². The van der Waals surface area contributed by atoms with Crippen molar-refractivity contribution in [3.8, 4) is 11.5 Å². The molecule has 2 aromatic carbocycles. The molecule has 0 aromatic heterocycles. The molecule has 0 bridgehead atoms. The molecule has 2 aromatic rings. The summed E-state index contributed by atoms with van der Waals surface area (Å²) < 4.78 is 38.0. The van der Waals surface area contributed by atoms with E-state index >= 15 is 0 Å². The molecule has 0 saturated heterocycles. The molecule has 0 fully saturated rings. The van der Waals surface area contributed by atoms with E-state index in [0.717, 1.165) is 0 Å². The fourth-order valence-electron chi connectivity index (χ4n) is 1.98. The minimum atomic E-state index is -3.73. The standard InChI is InChI=1S/C14H14N2O4S/c15-11-3-1-2-4-12(11)16-21(17,18)10-5-6-13-14(9-10)20-8-7-19-13/h1-6,9,16H,7-8,15H2. The molecule has 1 aliphatic heterocycles. The van der Waals surface area contributed by atoms with Crippen molar-refractivity contribution in [2.45, 2.75) is 4.90 Å². The summed E-state index contributed by atoms with van der Waals surface area (Å²) in [6.07, 6.45) is 0. The predicted octanol–water partition coefficient (Wildman–Crippen LogP) is 1.84. The van der Waals surface area contributed by atoms with Crippen LogP contribution in [0.2, 0.25) is 0 Å². The molecule has 110 valence electrons. The summed E-state index contributed by atoms with van der Waals surface area (Å²) in [6.45, 7) is 0.855. The third-order valence-corrected chi connectivity index (χ3v) is 4.39. The Hall–Kier alpha value is -2.41. The summed E-state index contributed by atoms with van der Waals surface area (Å²) in [5.41, 5.74) is 6.45. The first-order valence-corrected chi connectivity index (χ1v) is 7.81. The topological polar surface area (TPSA) is 90.7 Å². The second-order valence-electron chi connectivity index (χ2n) is 4.50. The number of ether oxygens (including phenoxy) is 2. The second kappa shape index (κ2) is 5.17. The van der Waals surface area contributed by atoms with Gasteiger partial charge in [-0.05, 0) is 24.3 Å². The van der Waals surface area contributed by atoms with Crippen LogP contribution < -0.4 is 19.9 Å². The molecule has 0 amide bonds. The van der Waals surface area contributed by atoms with Gasteiger partial charge in [0, 0.05) is 6.07 Å². The Balaban J connectivity index is 1.93. The molecule has 6 nitrogen and oxygen atoms in total. The first-order valence-electron chi connectivity index (χ1n) is 6.33. The largest absolute Gasteiger partial charge is 0.486 e. The van der Waals surface area contributed by atoms with Gasteiger partial charge < -0.3 is 15.2 Å². The summed E-state index contributed by atoms with van der Waals surface area (Å²) in [5, 5.41) is 0. The van der Waals surface area contributed by atoms with Crippen molar-refractivity contribution in [1.29, 1.82) is 0 Å². The Bertz CT molecular complexity index is 774. The molecule has 0 atom stereocenters. The van der Waals surface area contributed by atoms with E-state index in [9.17, 15) is 8.42 Å². The van der Waals surface area contributed by atoms with Crippen LogP contribution in [0.5, 0.6) is 11.5 Å². The van der Waals surface area contributed by atoms with Crippen LogP contribution in [-0.4, -0.2) is 21.6 Å². The Morgan fingerprint density at radius 1 is 1.00 bits per heavy atom. The maximum absolute atomic E-state index is 12.4. The van der Waals surface area contributed by atoms with Gasteiger partial charge in [0.15, 0.2) is 11.5 Å². The van der Waals surface area contributed by atoms with Gasteiger partial charge in [0.2, 0.25) is 0 Å². The first-order chi connectivity index (χ1) is 10.1. The summed E-state index contributed by atoms with van der Waals surface area (Å²) in [4.78, 5) is 0.0926. The fraction of sp³-hybridized carbons (Fsp3) is 0.143. The van der Waals surface area contributed by atoms with Crippen LogP contribution >= 0.6 is 0 Å². The van der Waals surface area contributed by atoms with Gasteiger partial charge in [0.25, 0.3) is 10.0 Å². The molecule has 1 aliphatic rings. The fourth-order valence-corrected chi connectivity index (χ4v) is 3.09. The normalized spacial score (nSPS) is 13.7. The van der Waals surface area contributed by atoms with E-state index < -0.39 is 10.0 Å². The van der Waals surface area contributed by atoms with Gasteiger partial charge in [-0.3, -0.25) is 4.72 Å². The predicted molar refractivity (Wildman–Crippen MR) is 79.1 cm³/mol. The average Bonchev–Trinajstić information content (AvgIpc) is 2.49. The molecule has 0 radical (unpaired) electrons. The molecule has 0 aliphatic carbocycles. The molecule has 7 heteroatoms. The molecule has 0 unspecified atom stereocenters. The SMILES string of the molecule is Nc1ccccc1NS(=O)(=O)c1ccc2c(c1)OCCO2. The Kier molecular flexibility index (Phi) is 3.34. The number of para-hydroxylation sites is 2. The van der Waals surface area contributed by atoms with Crippen LogP contribution in [0.25, 0.3) is 0 Å². The lowest BCUT2D eigenvalue weighted by molar-refractivity contribution is 0.171. The van der Waals surface area contributed by atoms with Crippen molar-refractivity contribution in [3.63, 3.8) is 0 Å². The lowest BCUT2D eigenvalue weighted by atomic mass is 10.3. The van der Waals surface area contributed by atoms with Crippen molar-refractivity contribution in [3.05, 3.63) is 42.5 Å². The second-order valence-corrected chi connectivity index (χ2v) is 6.18. The summed E-state index contributed by atoms with van der Waals surface area (Å²) in [5.74, 6) is 0.963. The number of anilines is 2. The average molecular weight is 306 g/mol. The van der Waals surface area contributed by atoms with E-state index in [1.807, 2.05) is 0 Å². The van der Waals surface area contributed by atoms with Crippen molar-refractivity contribution in [2.75, 3.05) is 23.7 Å². The molecule has 3 N–H and O–H groups in total. The van der Waals surface area contributed by atoms with E-state index in [-0.39, 0.29) is 4.90 Å². The van der Waals surface area contributed by atoms with Crippen molar-refractivity contribution in [2.24, 2.45) is 0 Å². The molecule has 3 rings (SSSR count). The van der Waals surface area contributed by atoms with E-state index in [4.69, 9.17) is 15.2 Å². The minimum Gasteiger partial charge on any atom is -0.486 e. The van der Waals surface area contributed by atoms with Gasteiger partial charge >= 0.3 is 0 Å². The first kappa shape index (κ1) is 13.6. The van der Waals surface area contributed by atoms with Crippen LogP contribution in [0, 0.1) is 0 Å². The van der Waals surface area contributed by atoms with E-state index in [1.54, 1.807) is 30.3 Å². The molecule has 0 spiro atoms. The lowest BCUT2D eigenvalue weighted by Gasteiger charge is -2.19. The highest BCUT2D eigenvalue weighted by molar-refractivity contribution is 7.92. The Morgan fingerprint density at radius 3 is 2.48 bits per heavy atom. The summed E-state index contributed by atoms with van der Waals surface area (Å²) in [6, 6.07) is 11.2. The number of nitrogens with two attached hydrogens (primary N) is 1. The molecule has 0 saturated carbocycles. The van der Waals surface area contributed by atoms with Crippen LogP contribution in [0.4, 0.5) is 11.4 Å². The summed E-state index contributed by atoms with van der Waals surface area (Å²) >= 11 is 0. The van der Waals surface area contributed by atoms with Gasteiger partial charge in [-0.15, -0.1) is 0 Å². The zero-order valence-electron chi connectivity index (χ0n) is 11.1. The van der Waals surface area contributed by atoms with E-state index in [0.29, 0.717) is 36.1 Å². The maximum atomic E-state index is 12.4. The van der Waals surface area contributed by atoms with E-state index in [2.05, 4.69) is 4.72 Å². The van der Waals surface area contributed by atoms with Gasteiger partial charge in [0.1, 0.15) is 13.2 Å². The molecule has 21 heavy (non-hydrogen) atoms. The number of benzene rings is 2. The number of fused-ring (bicyclic) bond motifs is 1. The van der Waals surface area contributed by atoms with Crippen molar-refractivity contribution in [1.82, 2.24) is 0 Å². The van der Waals surface area contributed by atoms with E-state index in [1.165, 1.54) is 12.1 Å². The quantitative estimate of drug-likeness (QED) is 0.844. The number of hydrogen-bond acceptors (Lipinski definition) is 5. The lowest BCUT2D eigenvalue weighted by Crippen LogP contribution is -2.17. The minimum absolute atomic E-state index is 0.0926. The molecule has 1 heterocycles. The third-order valence-electron chi connectivity index (χ3n) is 3.03. The number of hydrogen-bond donors (Lipinski definition) is 2. The number of nitrogen functional groups attached to an aromatic ring is 1. The van der Waals surface area contributed by atoms with Crippen molar-refractivity contribution < 1.29 is 17.9 Å². The monoisotopic (exact) mass is 306 g/mol. The maximum Gasteiger partial charge on any atom is 0.262 e. The molecular weight excluding hydrogens is 292 g/mol. The highest BCUT2D eigenvalue weighted by Crippen LogP contribution is 2.33. The Morgan fingerprint density at radius 2 is 1.71 bits per heavy atom.